The molecule has 0 bridgehead atoms. The van der Waals surface area contributed by atoms with Crippen LogP contribution in [-0.4, -0.2) is 0 Å². The van der Waals surface area contributed by atoms with Gasteiger partial charge in [-0.3, -0.25) is 0 Å². The summed E-state index contributed by atoms with van der Waals surface area (Å²) in [6.07, 6.45) is 0. The van der Waals surface area contributed by atoms with Crippen LogP contribution in [0.4, 0.5) is 17.1 Å². The van der Waals surface area contributed by atoms with Crippen molar-refractivity contribution >= 4 is 82.5 Å². The van der Waals surface area contributed by atoms with Gasteiger partial charge in [0, 0.05) is 38.5 Å². The van der Waals surface area contributed by atoms with Crippen molar-refractivity contribution in [2.45, 2.75) is 0 Å². The Morgan fingerprint density at radius 3 is 1.87 bits per heavy atom. The normalized spacial score (nSPS) is 11.8. The summed E-state index contributed by atoms with van der Waals surface area (Å²) >= 11 is 0. The van der Waals surface area contributed by atoms with E-state index in [0.29, 0.717) is 0 Å². The van der Waals surface area contributed by atoms with Crippen LogP contribution in [-0.2, 0) is 0 Å². The molecule has 0 unspecified atom stereocenters. The number of hydrogen-bond donors (Lipinski definition) is 0. The Morgan fingerprint density at radius 2 is 0.981 bits per heavy atom. The lowest BCUT2D eigenvalue weighted by atomic mass is 9.97. The summed E-state index contributed by atoms with van der Waals surface area (Å²) in [4.78, 5) is 2.37. The van der Waals surface area contributed by atoms with E-state index in [9.17, 15) is 0 Å². The number of furan rings is 2. The molecule has 2 aromatic heterocycles. The fourth-order valence-corrected chi connectivity index (χ4v) is 8.20. The van der Waals surface area contributed by atoms with Crippen molar-refractivity contribution in [2.75, 3.05) is 4.90 Å². The Morgan fingerprint density at radius 1 is 0.340 bits per heavy atom. The van der Waals surface area contributed by atoms with Gasteiger partial charge in [0.25, 0.3) is 0 Å². The van der Waals surface area contributed by atoms with Crippen molar-refractivity contribution in [3.8, 4) is 22.3 Å². The topological polar surface area (TPSA) is 29.5 Å². The first-order chi connectivity index (χ1) is 26.3. The maximum atomic E-state index is 6.68. The standard InChI is InChI=1S/C50H31NO2/c1-3-16-38-32(11-1)13-8-19-39(38)35-14-7-15-37(31-35)51(45-22-10-24-47-48(45)44-30-27-33-12-2-4-17-40(33)50(44)53-47)36-28-25-34(26-29-36)41-20-9-21-43-42-18-5-6-23-46(42)52-49(41)43/h1-31H. The van der Waals surface area contributed by atoms with Crippen molar-refractivity contribution in [3.63, 3.8) is 0 Å². The number of nitrogens with zero attached hydrogens (tertiary/aromatic N) is 1. The summed E-state index contributed by atoms with van der Waals surface area (Å²) in [5, 5.41) is 9.17. The first kappa shape index (κ1) is 29.6. The number of para-hydroxylation sites is 2. The molecule has 0 N–H and O–H groups in total. The highest BCUT2D eigenvalue weighted by Crippen LogP contribution is 2.46. The van der Waals surface area contributed by atoms with Crippen molar-refractivity contribution < 1.29 is 8.83 Å². The van der Waals surface area contributed by atoms with E-state index in [1.165, 1.54) is 16.3 Å². The second-order valence-electron chi connectivity index (χ2n) is 13.7. The molecule has 0 amide bonds. The third-order valence-electron chi connectivity index (χ3n) is 10.7. The number of anilines is 3. The first-order valence-corrected chi connectivity index (χ1v) is 18.0. The Bertz CT molecular complexity index is 3180. The number of fused-ring (bicyclic) bond motifs is 9. The van der Waals surface area contributed by atoms with Crippen LogP contribution in [0.15, 0.2) is 197 Å². The lowest BCUT2D eigenvalue weighted by Crippen LogP contribution is -2.10. The SMILES string of the molecule is c1cc(-c2cccc3ccccc23)cc(N(c2ccc(-c3cccc4c3oc3ccccc34)cc2)c2cccc3oc4c5ccccc5ccc4c23)c1. The summed E-state index contributed by atoms with van der Waals surface area (Å²) in [7, 11) is 0. The van der Waals surface area contributed by atoms with Crippen molar-refractivity contribution in [1.29, 1.82) is 0 Å². The van der Waals surface area contributed by atoms with Gasteiger partial charge in [0.2, 0.25) is 0 Å². The number of benzene rings is 9. The molecule has 0 saturated carbocycles. The Hall–Kier alpha value is -7.10. The van der Waals surface area contributed by atoms with Crippen LogP contribution in [0, 0.1) is 0 Å². The van der Waals surface area contributed by atoms with Gasteiger partial charge in [-0.05, 0) is 81.4 Å². The minimum atomic E-state index is 0.859. The largest absolute Gasteiger partial charge is 0.455 e. The zero-order valence-electron chi connectivity index (χ0n) is 28.7. The average molecular weight is 678 g/mol. The second-order valence-corrected chi connectivity index (χ2v) is 13.7. The number of hydrogen-bond acceptors (Lipinski definition) is 3. The van der Waals surface area contributed by atoms with Gasteiger partial charge >= 0.3 is 0 Å². The fraction of sp³-hybridized carbons (Fsp3) is 0. The second kappa shape index (κ2) is 11.7. The molecule has 53 heavy (non-hydrogen) atoms. The molecule has 0 spiro atoms. The predicted octanol–water partition coefficient (Wildman–Crippen LogP) is 14.6. The quantitative estimate of drug-likeness (QED) is 0.182. The van der Waals surface area contributed by atoms with Crippen LogP contribution >= 0.6 is 0 Å². The van der Waals surface area contributed by atoms with E-state index in [1.807, 2.05) is 12.1 Å². The molecular formula is C50H31NO2. The molecule has 0 radical (unpaired) electrons. The minimum absolute atomic E-state index is 0.859. The highest BCUT2D eigenvalue weighted by Gasteiger charge is 2.21. The molecule has 0 aliphatic rings. The maximum absolute atomic E-state index is 6.68. The van der Waals surface area contributed by atoms with E-state index in [2.05, 4.69) is 181 Å². The number of rotatable bonds is 5. The van der Waals surface area contributed by atoms with E-state index < -0.39 is 0 Å². The smallest absolute Gasteiger partial charge is 0.143 e. The van der Waals surface area contributed by atoms with Crippen molar-refractivity contribution in [2.24, 2.45) is 0 Å². The van der Waals surface area contributed by atoms with Gasteiger partial charge in [-0.15, -0.1) is 0 Å². The van der Waals surface area contributed by atoms with Crippen LogP contribution in [0.25, 0.3) is 87.7 Å². The molecule has 9 aromatic carbocycles. The molecule has 0 aliphatic heterocycles. The third-order valence-corrected chi connectivity index (χ3v) is 10.7. The van der Waals surface area contributed by atoms with Gasteiger partial charge in [0.05, 0.1) is 11.1 Å². The maximum Gasteiger partial charge on any atom is 0.143 e. The van der Waals surface area contributed by atoms with Crippen LogP contribution in [0.1, 0.15) is 0 Å². The molecule has 3 heteroatoms. The monoisotopic (exact) mass is 677 g/mol. The van der Waals surface area contributed by atoms with Gasteiger partial charge in [-0.2, -0.15) is 0 Å². The van der Waals surface area contributed by atoms with E-state index >= 15 is 0 Å². The zero-order valence-corrected chi connectivity index (χ0v) is 28.7. The van der Waals surface area contributed by atoms with E-state index in [-0.39, 0.29) is 0 Å². The molecule has 0 aliphatic carbocycles. The van der Waals surface area contributed by atoms with E-state index in [1.54, 1.807) is 0 Å². The lowest BCUT2D eigenvalue weighted by molar-refractivity contribution is 0.670. The van der Waals surface area contributed by atoms with Crippen LogP contribution in [0.5, 0.6) is 0 Å². The minimum Gasteiger partial charge on any atom is -0.455 e. The summed E-state index contributed by atoms with van der Waals surface area (Å²) in [6, 6.07) is 66.8. The van der Waals surface area contributed by atoms with Gasteiger partial charge in [0.1, 0.15) is 22.3 Å². The lowest BCUT2D eigenvalue weighted by Gasteiger charge is -2.27. The Kier molecular flexibility index (Phi) is 6.55. The summed E-state index contributed by atoms with van der Waals surface area (Å²) in [5.74, 6) is 0. The molecule has 3 nitrogen and oxygen atoms in total. The third kappa shape index (κ3) is 4.68. The van der Waals surface area contributed by atoms with Gasteiger partial charge < -0.3 is 13.7 Å². The molecule has 11 aromatic rings. The molecule has 2 heterocycles. The first-order valence-electron chi connectivity index (χ1n) is 18.0. The Labute approximate surface area is 305 Å². The van der Waals surface area contributed by atoms with E-state index in [0.717, 1.165) is 88.4 Å². The highest BCUT2D eigenvalue weighted by atomic mass is 16.3. The summed E-state index contributed by atoms with van der Waals surface area (Å²) < 4.78 is 13.1. The highest BCUT2D eigenvalue weighted by molar-refractivity contribution is 6.19. The molecule has 0 fully saturated rings. The van der Waals surface area contributed by atoms with E-state index in [4.69, 9.17) is 8.83 Å². The predicted molar refractivity (Wildman–Crippen MR) is 222 cm³/mol. The van der Waals surface area contributed by atoms with Gasteiger partial charge in [0.15, 0.2) is 0 Å². The average Bonchev–Trinajstić information content (AvgIpc) is 3.81. The van der Waals surface area contributed by atoms with Gasteiger partial charge in [-0.25, -0.2) is 0 Å². The molecule has 11 rings (SSSR count). The Balaban J connectivity index is 1.12. The van der Waals surface area contributed by atoms with Crippen LogP contribution in [0.3, 0.4) is 0 Å². The zero-order chi connectivity index (χ0) is 34.9. The molecule has 0 saturated heterocycles. The van der Waals surface area contributed by atoms with Crippen LogP contribution in [0.2, 0.25) is 0 Å². The fourth-order valence-electron chi connectivity index (χ4n) is 8.20. The molecular weight excluding hydrogens is 647 g/mol. The summed E-state index contributed by atoms with van der Waals surface area (Å²) in [6.45, 7) is 0. The van der Waals surface area contributed by atoms with Crippen LogP contribution < -0.4 is 4.90 Å². The molecule has 0 atom stereocenters. The van der Waals surface area contributed by atoms with Crippen molar-refractivity contribution in [3.05, 3.63) is 188 Å². The van der Waals surface area contributed by atoms with Gasteiger partial charge in [-0.1, -0.05) is 140 Å². The van der Waals surface area contributed by atoms with Crippen molar-refractivity contribution in [1.82, 2.24) is 0 Å². The molecule has 248 valence electrons. The summed E-state index contributed by atoms with van der Waals surface area (Å²) in [5.41, 5.74) is 11.3.